The zero-order valence-corrected chi connectivity index (χ0v) is 11.4. The van der Waals surface area contributed by atoms with Crippen molar-refractivity contribution in [1.82, 2.24) is 4.90 Å². The molecule has 0 radical (unpaired) electrons. The molecule has 0 saturated heterocycles. The number of aryl methyl sites for hydroxylation is 1. The molecule has 4 heteroatoms. The number of rotatable bonds is 6. The summed E-state index contributed by atoms with van der Waals surface area (Å²) in [5, 5.41) is 8.97. The normalized spacial score (nSPS) is 12.5. The SMILES string of the molecule is CCc1cc(C(CC(=O)O)N(C)C)ccc1OC. The number of methoxy groups -OCH3 is 1. The average molecular weight is 251 g/mol. The van der Waals surface area contributed by atoms with E-state index in [0.29, 0.717) is 0 Å². The minimum Gasteiger partial charge on any atom is -0.496 e. The molecule has 0 aromatic heterocycles. The molecule has 0 aliphatic heterocycles. The van der Waals surface area contributed by atoms with Crippen LogP contribution in [0.1, 0.15) is 30.5 Å². The Hall–Kier alpha value is -1.55. The number of hydrogen-bond donors (Lipinski definition) is 1. The number of hydrogen-bond acceptors (Lipinski definition) is 3. The fourth-order valence-corrected chi connectivity index (χ4v) is 2.05. The molecule has 0 aliphatic carbocycles. The molecule has 1 atom stereocenters. The Morgan fingerprint density at radius 3 is 2.56 bits per heavy atom. The summed E-state index contributed by atoms with van der Waals surface area (Å²) in [5.41, 5.74) is 2.12. The lowest BCUT2D eigenvalue weighted by Crippen LogP contribution is -2.22. The first-order chi connectivity index (χ1) is 8.49. The van der Waals surface area contributed by atoms with Crippen molar-refractivity contribution in [1.29, 1.82) is 0 Å². The Labute approximate surface area is 108 Å². The molecule has 0 saturated carbocycles. The van der Waals surface area contributed by atoms with Crippen LogP contribution in [0.25, 0.3) is 0 Å². The second-order valence-electron chi connectivity index (χ2n) is 4.50. The highest BCUT2D eigenvalue weighted by Gasteiger charge is 2.18. The van der Waals surface area contributed by atoms with Gasteiger partial charge in [-0.25, -0.2) is 0 Å². The van der Waals surface area contributed by atoms with Crippen molar-refractivity contribution >= 4 is 5.97 Å². The highest BCUT2D eigenvalue weighted by atomic mass is 16.5. The molecule has 1 unspecified atom stereocenters. The molecule has 0 heterocycles. The zero-order valence-electron chi connectivity index (χ0n) is 11.4. The molecule has 1 aromatic carbocycles. The molecule has 0 aliphatic rings. The molecule has 0 amide bonds. The summed E-state index contributed by atoms with van der Waals surface area (Å²) >= 11 is 0. The van der Waals surface area contributed by atoms with Gasteiger partial charge in [0.05, 0.1) is 13.5 Å². The van der Waals surface area contributed by atoms with Gasteiger partial charge in [-0.1, -0.05) is 19.1 Å². The van der Waals surface area contributed by atoms with E-state index < -0.39 is 5.97 Å². The third-order valence-electron chi connectivity index (χ3n) is 3.06. The van der Waals surface area contributed by atoms with Crippen LogP contribution in [0.3, 0.4) is 0 Å². The molecule has 0 bridgehead atoms. The van der Waals surface area contributed by atoms with Gasteiger partial charge in [-0.2, -0.15) is 0 Å². The fourth-order valence-electron chi connectivity index (χ4n) is 2.05. The van der Waals surface area contributed by atoms with E-state index in [1.165, 1.54) is 0 Å². The number of carbonyl (C=O) groups is 1. The van der Waals surface area contributed by atoms with Crippen molar-refractivity contribution in [2.75, 3.05) is 21.2 Å². The van der Waals surface area contributed by atoms with Gasteiger partial charge in [-0.05, 0) is 37.7 Å². The Balaban J connectivity index is 3.09. The largest absolute Gasteiger partial charge is 0.496 e. The van der Waals surface area contributed by atoms with E-state index in [4.69, 9.17) is 9.84 Å². The Morgan fingerprint density at radius 1 is 1.44 bits per heavy atom. The van der Waals surface area contributed by atoms with Gasteiger partial charge in [-0.3, -0.25) is 4.79 Å². The summed E-state index contributed by atoms with van der Waals surface area (Å²) in [6.07, 6.45) is 0.965. The molecule has 100 valence electrons. The molecular weight excluding hydrogens is 230 g/mol. The van der Waals surface area contributed by atoms with Gasteiger partial charge >= 0.3 is 5.97 Å². The number of benzene rings is 1. The number of carboxylic acids is 1. The second kappa shape index (κ2) is 6.40. The van der Waals surface area contributed by atoms with E-state index in [9.17, 15) is 4.79 Å². The minimum atomic E-state index is -0.789. The number of ether oxygens (including phenoxy) is 1. The van der Waals surface area contributed by atoms with Gasteiger partial charge in [0.15, 0.2) is 0 Å². The maximum atomic E-state index is 10.9. The summed E-state index contributed by atoms with van der Waals surface area (Å²) in [7, 11) is 5.43. The van der Waals surface area contributed by atoms with E-state index in [-0.39, 0.29) is 12.5 Å². The lowest BCUT2D eigenvalue weighted by molar-refractivity contribution is -0.138. The predicted molar refractivity (Wildman–Crippen MR) is 71.1 cm³/mol. The van der Waals surface area contributed by atoms with Crippen molar-refractivity contribution in [2.24, 2.45) is 0 Å². The van der Waals surface area contributed by atoms with Crippen LogP contribution in [0.2, 0.25) is 0 Å². The first-order valence-corrected chi connectivity index (χ1v) is 6.04. The fraction of sp³-hybridized carbons (Fsp3) is 0.500. The van der Waals surface area contributed by atoms with Crippen LogP contribution in [0.15, 0.2) is 18.2 Å². The van der Waals surface area contributed by atoms with E-state index >= 15 is 0 Å². The minimum absolute atomic E-state index is 0.0997. The number of nitrogens with zero attached hydrogens (tertiary/aromatic N) is 1. The molecule has 0 fully saturated rings. The Bertz CT molecular complexity index is 416. The summed E-state index contributed by atoms with van der Waals surface area (Å²) in [6, 6.07) is 5.77. The van der Waals surface area contributed by atoms with Crippen molar-refractivity contribution < 1.29 is 14.6 Å². The van der Waals surface area contributed by atoms with Gasteiger partial charge < -0.3 is 14.7 Å². The molecule has 1 aromatic rings. The zero-order chi connectivity index (χ0) is 13.7. The van der Waals surface area contributed by atoms with Crippen molar-refractivity contribution in [3.63, 3.8) is 0 Å². The van der Waals surface area contributed by atoms with Crippen LogP contribution in [0.5, 0.6) is 5.75 Å². The summed E-state index contributed by atoms with van der Waals surface area (Å²) in [6.45, 7) is 2.06. The molecule has 1 rings (SSSR count). The monoisotopic (exact) mass is 251 g/mol. The molecule has 1 N–H and O–H groups in total. The van der Waals surface area contributed by atoms with Gasteiger partial charge in [0.2, 0.25) is 0 Å². The van der Waals surface area contributed by atoms with Crippen LogP contribution >= 0.6 is 0 Å². The lowest BCUT2D eigenvalue weighted by Gasteiger charge is -2.24. The standard InChI is InChI=1S/C14H21NO3/c1-5-10-8-11(6-7-13(10)18-4)12(15(2)3)9-14(16)17/h6-8,12H,5,9H2,1-4H3,(H,16,17). The molecule has 18 heavy (non-hydrogen) atoms. The van der Waals surface area contributed by atoms with Gasteiger partial charge in [-0.15, -0.1) is 0 Å². The third-order valence-corrected chi connectivity index (χ3v) is 3.06. The topological polar surface area (TPSA) is 49.8 Å². The Morgan fingerprint density at radius 2 is 2.11 bits per heavy atom. The number of aliphatic carboxylic acids is 1. The molecule has 0 spiro atoms. The smallest absolute Gasteiger partial charge is 0.305 e. The van der Waals surface area contributed by atoms with E-state index in [1.807, 2.05) is 37.2 Å². The van der Waals surface area contributed by atoms with Crippen molar-refractivity contribution in [2.45, 2.75) is 25.8 Å². The first-order valence-electron chi connectivity index (χ1n) is 6.04. The van der Waals surface area contributed by atoms with E-state index in [1.54, 1.807) is 7.11 Å². The average Bonchev–Trinajstić information content (AvgIpc) is 2.34. The summed E-state index contributed by atoms with van der Waals surface area (Å²) < 4.78 is 5.28. The van der Waals surface area contributed by atoms with Crippen LogP contribution in [0.4, 0.5) is 0 Å². The van der Waals surface area contributed by atoms with Crippen LogP contribution in [-0.2, 0) is 11.2 Å². The van der Waals surface area contributed by atoms with Crippen LogP contribution < -0.4 is 4.74 Å². The summed E-state index contributed by atoms with van der Waals surface area (Å²) in [4.78, 5) is 12.8. The molecule has 4 nitrogen and oxygen atoms in total. The third kappa shape index (κ3) is 3.47. The quantitative estimate of drug-likeness (QED) is 0.843. The van der Waals surface area contributed by atoms with Gasteiger partial charge in [0.25, 0.3) is 0 Å². The van der Waals surface area contributed by atoms with Crippen LogP contribution in [0, 0.1) is 0 Å². The molecular formula is C14H21NO3. The van der Waals surface area contributed by atoms with Gasteiger partial charge in [0.1, 0.15) is 5.75 Å². The van der Waals surface area contributed by atoms with Crippen molar-refractivity contribution in [3.8, 4) is 5.75 Å². The first kappa shape index (κ1) is 14.5. The summed E-state index contributed by atoms with van der Waals surface area (Å²) in [5.74, 6) is 0.0663. The lowest BCUT2D eigenvalue weighted by atomic mass is 9.99. The maximum absolute atomic E-state index is 10.9. The highest BCUT2D eigenvalue weighted by molar-refractivity contribution is 5.68. The number of carboxylic acid groups (broad SMARTS) is 1. The van der Waals surface area contributed by atoms with E-state index in [0.717, 1.165) is 23.3 Å². The predicted octanol–water partition coefficient (Wildman–Crippen LogP) is 2.33. The van der Waals surface area contributed by atoms with E-state index in [2.05, 4.69) is 6.92 Å². The maximum Gasteiger partial charge on any atom is 0.305 e. The van der Waals surface area contributed by atoms with Gasteiger partial charge in [0, 0.05) is 6.04 Å². The van der Waals surface area contributed by atoms with Crippen LogP contribution in [-0.4, -0.2) is 37.2 Å². The highest BCUT2D eigenvalue weighted by Crippen LogP contribution is 2.27. The Kier molecular flexibility index (Phi) is 5.16. The van der Waals surface area contributed by atoms with Crippen molar-refractivity contribution in [3.05, 3.63) is 29.3 Å². The second-order valence-corrected chi connectivity index (χ2v) is 4.50.